The molecule has 0 radical (unpaired) electrons. The lowest BCUT2D eigenvalue weighted by Gasteiger charge is -2.16. The van der Waals surface area contributed by atoms with Crippen molar-refractivity contribution in [3.63, 3.8) is 0 Å². The molecule has 2 aromatic carbocycles. The summed E-state index contributed by atoms with van der Waals surface area (Å²) >= 11 is 0. The number of benzene rings is 2. The van der Waals surface area contributed by atoms with Crippen molar-refractivity contribution in [2.45, 2.75) is 32.8 Å². The molecule has 0 bridgehead atoms. The van der Waals surface area contributed by atoms with Gasteiger partial charge in [-0.2, -0.15) is 0 Å². The number of nitro groups is 1. The highest BCUT2D eigenvalue weighted by Crippen LogP contribution is 2.19. The Morgan fingerprint density at radius 1 is 1.00 bits per heavy atom. The molecule has 0 aromatic heterocycles. The van der Waals surface area contributed by atoms with Gasteiger partial charge in [-0.15, -0.1) is 0 Å². The summed E-state index contributed by atoms with van der Waals surface area (Å²) in [6.07, 6.45) is -0.874. The Morgan fingerprint density at radius 2 is 1.63 bits per heavy atom. The van der Waals surface area contributed by atoms with Gasteiger partial charge >= 0.3 is 0 Å². The van der Waals surface area contributed by atoms with Crippen LogP contribution < -0.4 is 15.6 Å². The average Bonchev–Trinajstić information content (AvgIpc) is 2.66. The van der Waals surface area contributed by atoms with Crippen molar-refractivity contribution in [3.8, 4) is 5.75 Å². The number of ether oxygens (including phenoxy) is 1. The molecule has 0 fully saturated rings. The van der Waals surface area contributed by atoms with Crippen molar-refractivity contribution in [1.29, 1.82) is 0 Å². The standard InChI is InChI=1S/C19H21N3O5/c1-12(2)14-8-10-15(11-9-14)27-13(3)18(23)20-21-19(24)16-6-4-5-7-17(16)22(25)26/h4-13H,1-3H3,(H,20,23)(H,21,24)/t13-/m1/s1. The van der Waals surface area contributed by atoms with Gasteiger partial charge in [0.2, 0.25) is 0 Å². The van der Waals surface area contributed by atoms with Crippen molar-refractivity contribution in [2.24, 2.45) is 0 Å². The molecule has 0 aliphatic heterocycles. The van der Waals surface area contributed by atoms with Crippen LogP contribution in [-0.4, -0.2) is 22.8 Å². The molecular formula is C19H21N3O5. The number of hydrazine groups is 1. The van der Waals surface area contributed by atoms with E-state index >= 15 is 0 Å². The lowest BCUT2D eigenvalue weighted by Crippen LogP contribution is -2.47. The van der Waals surface area contributed by atoms with Crippen LogP contribution in [-0.2, 0) is 4.79 Å². The molecule has 8 nitrogen and oxygen atoms in total. The fourth-order valence-corrected chi connectivity index (χ4v) is 2.30. The summed E-state index contributed by atoms with van der Waals surface area (Å²) in [6.45, 7) is 5.68. The SMILES string of the molecule is CC(C)c1ccc(O[C@H](C)C(=O)NNC(=O)c2ccccc2[N+](=O)[O-])cc1. The minimum absolute atomic E-state index is 0.152. The van der Waals surface area contributed by atoms with E-state index in [9.17, 15) is 19.7 Å². The average molecular weight is 371 g/mol. The molecule has 8 heteroatoms. The van der Waals surface area contributed by atoms with Crippen LogP contribution in [0.15, 0.2) is 48.5 Å². The van der Waals surface area contributed by atoms with Crippen LogP contribution in [0.3, 0.4) is 0 Å². The van der Waals surface area contributed by atoms with Gasteiger partial charge in [0.25, 0.3) is 17.5 Å². The maximum absolute atomic E-state index is 12.1. The number of nitrogens with one attached hydrogen (secondary N) is 2. The van der Waals surface area contributed by atoms with Crippen LogP contribution >= 0.6 is 0 Å². The van der Waals surface area contributed by atoms with Gasteiger partial charge in [-0.05, 0) is 36.6 Å². The number of carbonyl (C=O) groups excluding carboxylic acids is 2. The first-order chi connectivity index (χ1) is 12.8. The van der Waals surface area contributed by atoms with E-state index in [0.717, 1.165) is 5.56 Å². The lowest BCUT2D eigenvalue weighted by atomic mass is 10.0. The molecule has 2 rings (SSSR count). The van der Waals surface area contributed by atoms with Gasteiger partial charge in [-0.3, -0.25) is 30.6 Å². The fourth-order valence-electron chi connectivity index (χ4n) is 2.30. The molecule has 0 spiro atoms. The maximum atomic E-state index is 12.1. The summed E-state index contributed by atoms with van der Waals surface area (Å²) in [5.74, 6) is -0.469. The van der Waals surface area contributed by atoms with Crippen LogP contribution in [0.2, 0.25) is 0 Å². The summed E-state index contributed by atoms with van der Waals surface area (Å²) in [5.41, 5.74) is 5.02. The first-order valence-electron chi connectivity index (χ1n) is 8.39. The number of amides is 2. The third-order valence-electron chi connectivity index (χ3n) is 3.87. The Hall–Kier alpha value is -3.42. The maximum Gasteiger partial charge on any atom is 0.282 e. The van der Waals surface area contributed by atoms with Crippen LogP contribution in [0.5, 0.6) is 5.75 Å². The lowest BCUT2D eigenvalue weighted by molar-refractivity contribution is -0.385. The van der Waals surface area contributed by atoms with Crippen molar-refractivity contribution in [2.75, 3.05) is 0 Å². The van der Waals surface area contributed by atoms with Gasteiger partial charge in [0.1, 0.15) is 11.3 Å². The highest BCUT2D eigenvalue weighted by Gasteiger charge is 2.21. The predicted molar refractivity (Wildman–Crippen MR) is 99.3 cm³/mol. The minimum atomic E-state index is -0.874. The molecular weight excluding hydrogens is 350 g/mol. The predicted octanol–water partition coefficient (Wildman–Crippen LogP) is 2.95. The van der Waals surface area contributed by atoms with Gasteiger partial charge in [0.15, 0.2) is 6.10 Å². The Kier molecular flexibility index (Phi) is 6.48. The number of hydrogen-bond acceptors (Lipinski definition) is 5. The molecule has 27 heavy (non-hydrogen) atoms. The fraction of sp³-hybridized carbons (Fsp3) is 0.263. The third kappa shape index (κ3) is 5.27. The van der Waals surface area contributed by atoms with Crippen molar-refractivity contribution in [3.05, 3.63) is 69.8 Å². The molecule has 0 saturated heterocycles. The summed E-state index contributed by atoms with van der Waals surface area (Å²) in [5, 5.41) is 11.0. The summed E-state index contributed by atoms with van der Waals surface area (Å²) in [4.78, 5) is 34.5. The largest absolute Gasteiger partial charge is 0.481 e. The minimum Gasteiger partial charge on any atom is -0.481 e. The number of carbonyl (C=O) groups is 2. The molecule has 0 aliphatic rings. The molecule has 2 amide bonds. The van der Waals surface area contributed by atoms with E-state index in [1.165, 1.54) is 31.2 Å². The zero-order valence-corrected chi connectivity index (χ0v) is 15.3. The molecule has 2 aromatic rings. The zero-order valence-electron chi connectivity index (χ0n) is 15.3. The smallest absolute Gasteiger partial charge is 0.282 e. The van der Waals surface area contributed by atoms with Crippen molar-refractivity contribution >= 4 is 17.5 Å². The van der Waals surface area contributed by atoms with E-state index in [0.29, 0.717) is 11.7 Å². The van der Waals surface area contributed by atoms with E-state index in [-0.39, 0.29) is 11.3 Å². The summed E-state index contributed by atoms with van der Waals surface area (Å²) in [6, 6.07) is 12.8. The quantitative estimate of drug-likeness (QED) is 0.599. The van der Waals surface area contributed by atoms with Gasteiger partial charge < -0.3 is 4.74 Å². The topological polar surface area (TPSA) is 111 Å². The molecule has 0 heterocycles. The Balaban J connectivity index is 1.93. The highest BCUT2D eigenvalue weighted by molar-refractivity contribution is 5.99. The Morgan fingerprint density at radius 3 is 2.22 bits per heavy atom. The molecule has 1 atom stereocenters. The number of rotatable bonds is 6. The van der Waals surface area contributed by atoms with Gasteiger partial charge in [-0.1, -0.05) is 38.1 Å². The third-order valence-corrected chi connectivity index (χ3v) is 3.87. The van der Waals surface area contributed by atoms with Gasteiger partial charge in [0.05, 0.1) is 4.92 Å². The van der Waals surface area contributed by atoms with E-state index in [1.54, 1.807) is 12.1 Å². The number of nitrogens with zero attached hydrogens (tertiary/aromatic N) is 1. The molecule has 0 aliphatic carbocycles. The van der Waals surface area contributed by atoms with Crippen LogP contribution in [0.4, 0.5) is 5.69 Å². The van der Waals surface area contributed by atoms with Crippen molar-refractivity contribution in [1.82, 2.24) is 10.9 Å². The highest BCUT2D eigenvalue weighted by atomic mass is 16.6. The normalized spacial score (nSPS) is 11.6. The van der Waals surface area contributed by atoms with Crippen LogP contribution in [0, 0.1) is 10.1 Å². The van der Waals surface area contributed by atoms with Crippen molar-refractivity contribution < 1.29 is 19.2 Å². The van der Waals surface area contributed by atoms with Gasteiger partial charge in [0, 0.05) is 6.07 Å². The Labute approximate surface area is 156 Å². The summed E-state index contributed by atoms with van der Waals surface area (Å²) in [7, 11) is 0. The second-order valence-electron chi connectivity index (χ2n) is 6.20. The molecule has 2 N–H and O–H groups in total. The first-order valence-corrected chi connectivity index (χ1v) is 8.39. The summed E-state index contributed by atoms with van der Waals surface area (Å²) < 4.78 is 5.54. The monoisotopic (exact) mass is 371 g/mol. The van der Waals surface area contributed by atoms with Crippen LogP contribution in [0.25, 0.3) is 0 Å². The van der Waals surface area contributed by atoms with Gasteiger partial charge in [-0.25, -0.2) is 0 Å². The number of nitro benzene ring substituents is 1. The molecule has 142 valence electrons. The molecule has 0 saturated carbocycles. The van der Waals surface area contributed by atoms with E-state index < -0.39 is 22.8 Å². The van der Waals surface area contributed by atoms with E-state index in [1.807, 2.05) is 12.1 Å². The number of hydrogen-bond donors (Lipinski definition) is 2. The van der Waals surface area contributed by atoms with E-state index in [2.05, 4.69) is 24.7 Å². The first kappa shape index (κ1) is 19.9. The van der Waals surface area contributed by atoms with Crippen LogP contribution in [0.1, 0.15) is 42.6 Å². The second kappa shape index (κ2) is 8.79. The second-order valence-corrected chi connectivity index (χ2v) is 6.20. The Bertz CT molecular complexity index is 833. The zero-order chi connectivity index (χ0) is 20.0. The van der Waals surface area contributed by atoms with E-state index in [4.69, 9.17) is 4.74 Å². The number of para-hydroxylation sites is 1. The molecule has 0 unspecified atom stereocenters.